The Labute approximate surface area is 234 Å². The number of hydrogen-bond acceptors (Lipinski definition) is 10. The second kappa shape index (κ2) is 10.1. The highest BCUT2D eigenvalue weighted by Gasteiger charge is 2.25. The van der Waals surface area contributed by atoms with Gasteiger partial charge in [0, 0.05) is 20.9 Å². The Morgan fingerprint density at radius 3 is 1.20 bits per heavy atom. The van der Waals surface area contributed by atoms with Crippen LogP contribution < -0.4 is 22.6 Å². The van der Waals surface area contributed by atoms with Gasteiger partial charge in [-0.25, -0.2) is 0 Å². The number of nitriles is 4. The van der Waals surface area contributed by atoms with Gasteiger partial charge in [-0.3, -0.25) is 18.7 Å². The molecular formula is C28H14N8O2S2. The molecule has 1 aromatic carbocycles. The smallest absolute Gasteiger partial charge is 0.275 e. The first kappa shape index (κ1) is 25.7. The van der Waals surface area contributed by atoms with E-state index >= 15 is 0 Å². The van der Waals surface area contributed by atoms with Crippen LogP contribution in [0.15, 0.2) is 68.9 Å². The molecule has 0 spiro atoms. The fraction of sp³-hybridized carbons (Fsp3) is 0. The summed E-state index contributed by atoms with van der Waals surface area (Å²) in [5.74, 6) is -0.309. The third-order valence-electron chi connectivity index (χ3n) is 6.18. The Morgan fingerprint density at radius 2 is 0.925 bits per heavy atom. The number of benzene rings is 1. The molecule has 4 aromatic heterocycles. The van der Waals surface area contributed by atoms with Gasteiger partial charge in [0.25, 0.3) is 11.1 Å². The fourth-order valence-corrected chi connectivity index (χ4v) is 5.98. The minimum Gasteiger partial charge on any atom is -0.384 e. The lowest BCUT2D eigenvalue weighted by molar-refractivity contribution is 0.973. The van der Waals surface area contributed by atoms with Crippen molar-refractivity contribution in [2.45, 2.75) is 0 Å². The van der Waals surface area contributed by atoms with Gasteiger partial charge in [0.2, 0.25) is 0 Å². The lowest BCUT2D eigenvalue weighted by atomic mass is 10.0. The molecule has 0 atom stereocenters. The number of aromatic nitrogens is 2. The standard InChI is InChI=1S/C28H14N8O2S2/c29-11-17-23(21-3-1-9-39-21)19(13-31)27(37)35(25(17)33)15-5-7-16(8-6-15)36-26(34)18(12-30)24(20(14-32)28(36)38)22-4-2-10-40-22/h1-10H,33-34H2. The molecule has 190 valence electrons. The molecule has 0 aliphatic carbocycles. The number of rotatable bonds is 4. The molecule has 0 saturated heterocycles. The van der Waals surface area contributed by atoms with Crippen molar-refractivity contribution in [3.05, 3.63) is 102 Å². The van der Waals surface area contributed by atoms with Gasteiger partial charge in [0.05, 0.1) is 11.4 Å². The number of thiophene rings is 2. The van der Waals surface area contributed by atoms with E-state index in [4.69, 9.17) is 11.5 Å². The normalized spacial score (nSPS) is 10.3. The van der Waals surface area contributed by atoms with E-state index in [1.54, 1.807) is 35.0 Å². The molecule has 0 amide bonds. The van der Waals surface area contributed by atoms with Crippen molar-refractivity contribution in [3.63, 3.8) is 0 Å². The summed E-state index contributed by atoms with van der Waals surface area (Å²) in [4.78, 5) is 27.9. The molecule has 0 radical (unpaired) electrons. The molecule has 12 heteroatoms. The zero-order valence-corrected chi connectivity index (χ0v) is 21.9. The third-order valence-corrected chi connectivity index (χ3v) is 7.95. The molecule has 4 heterocycles. The topological polar surface area (TPSA) is 191 Å². The van der Waals surface area contributed by atoms with Crippen molar-refractivity contribution in [1.29, 1.82) is 21.0 Å². The van der Waals surface area contributed by atoms with E-state index in [0.29, 0.717) is 9.75 Å². The number of hydrogen-bond donors (Lipinski definition) is 2. The van der Waals surface area contributed by atoms with Crippen LogP contribution in [0.25, 0.3) is 32.3 Å². The minimum absolute atomic E-state index is 0.0235. The molecule has 10 nitrogen and oxygen atoms in total. The minimum atomic E-state index is -0.717. The number of nitrogen functional groups attached to an aromatic ring is 2. The Kier molecular flexibility index (Phi) is 6.49. The SMILES string of the molecule is N#Cc1c(-c2cccs2)c(C#N)c(=O)n(-c2ccc(-n3c(N)c(C#N)c(-c4cccs4)c(C#N)c3=O)cc2)c1N. The highest BCUT2D eigenvalue weighted by Crippen LogP contribution is 2.35. The van der Waals surface area contributed by atoms with Crippen LogP contribution in [0.5, 0.6) is 0 Å². The average Bonchev–Trinajstić information content (AvgIpc) is 3.68. The maximum atomic E-state index is 13.4. The molecule has 4 N–H and O–H groups in total. The van der Waals surface area contributed by atoms with E-state index in [1.807, 2.05) is 24.3 Å². The number of nitrogens with two attached hydrogens (primary N) is 2. The van der Waals surface area contributed by atoms with Gasteiger partial charge < -0.3 is 11.5 Å². The maximum Gasteiger partial charge on any atom is 0.275 e. The third kappa shape index (κ3) is 3.82. The van der Waals surface area contributed by atoms with E-state index in [0.717, 1.165) is 9.13 Å². The molecule has 0 saturated carbocycles. The zero-order valence-electron chi connectivity index (χ0n) is 20.2. The van der Waals surface area contributed by atoms with Crippen LogP contribution in [0.1, 0.15) is 22.3 Å². The zero-order chi connectivity index (χ0) is 28.6. The van der Waals surface area contributed by atoms with Crippen molar-refractivity contribution in [2.75, 3.05) is 11.5 Å². The molecule has 0 fully saturated rings. The Hall–Kier alpha value is -5.92. The monoisotopic (exact) mass is 558 g/mol. The van der Waals surface area contributed by atoms with Crippen LogP contribution in [0.3, 0.4) is 0 Å². The van der Waals surface area contributed by atoms with Gasteiger partial charge in [-0.05, 0) is 47.2 Å². The van der Waals surface area contributed by atoms with Crippen molar-refractivity contribution in [3.8, 4) is 56.5 Å². The fourth-order valence-electron chi connectivity index (χ4n) is 4.42. The first-order valence-corrected chi connectivity index (χ1v) is 13.1. The number of nitrogens with zero attached hydrogens (tertiary/aromatic N) is 6. The van der Waals surface area contributed by atoms with Crippen LogP contribution in [0.2, 0.25) is 0 Å². The van der Waals surface area contributed by atoms with Crippen LogP contribution in [-0.2, 0) is 0 Å². The highest BCUT2D eigenvalue weighted by atomic mass is 32.1. The molecule has 0 bridgehead atoms. The molecule has 0 unspecified atom stereocenters. The predicted octanol–water partition coefficient (Wildman–Crippen LogP) is 4.10. The summed E-state index contributed by atoms with van der Waals surface area (Å²) in [5.41, 5.74) is 11.4. The first-order valence-electron chi connectivity index (χ1n) is 11.3. The van der Waals surface area contributed by atoms with Gasteiger partial charge in [-0.1, -0.05) is 12.1 Å². The maximum absolute atomic E-state index is 13.4. The molecule has 0 aliphatic rings. The van der Waals surface area contributed by atoms with Crippen LogP contribution in [0.4, 0.5) is 11.6 Å². The average molecular weight is 559 g/mol. The number of anilines is 2. The lowest BCUT2D eigenvalue weighted by Crippen LogP contribution is -2.27. The van der Waals surface area contributed by atoms with Gasteiger partial charge in [0.1, 0.15) is 58.2 Å². The summed E-state index contributed by atoms with van der Waals surface area (Å²) in [6.45, 7) is 0. The van der Waals surface area contributed by atoms with Gasteiger partial charge in [-0.15, -0.1) is 22.7 Å². The van der Waals surface area contributed by atoms with Gasteiger partial charge in [-0.2, -0.15) is 21.0 Å². The highest BCUT2D eigenvalue weighted by molar-refractivity contribution is 7.13. The van der Waals surface area contributed by atoms with E-state index < -0.39 is 11.1 Å². The summed E-state index contributed by atoms with van der Waals surface area (Å²) >= 11 is 2.53. The van der Waals surface area contributed by atoms with E-state index in [-0.39, 0.29) is 56.4 Å². The van der Waals surface area contributed by atoms with Crippen molar-refractivity contribution >= 4 is 34.3 Å². The second-order valence-electron chi connectivity index (χ2n) is 8.22. The van der Waals surface area contributed by atoms with Crippen LogP contribution in [0, 0.1) is 45.3 Å². The van der Waals surface area contributed by atoms with E-state index in [9.17, 15) is 30.6 Å². The molecule has 5 rings (SSSR count). The first-order chi connectivity index (χ1) is 19.4. The Balaban J connectivity index is 1.71. The summed E-state index contributed by atoms with van der Waals surface area (Å²) in [6.07, 6.45) is 0. The molecule has 5 aromatic rings. The molecule has 40 heavy (non-hydrogen) atoms. The lowest BCUT2D eigenvalue weighted by Gasteiger charge is -2.17. The molecular weight excluding hydrogens is 544 g/mol. The van der Waals surface area contributed by atoms with E-state index in [1.165, 1.54) is 46.9 Å². The largest absolute Gasteiger partial charge is 0.384 e. The summed E-state index contributed by atoms with van der Waals surface area (Å²) in [7, 11) is 0. The number of pyridine rings is 2. The van der Waals surface area contributed by atoms with Crippen molar-refractivity contribution in [1.82, 2.24) is 9.13 Å². The van der Waals surface area contributed by atoms with Crippen LogP contribution >= 0.6 is 22.7 Å². The summed E-state index contributed by atoms with van der Waals surface area (Å²) in [5, 5.41) is 42.9. The summed E-state index contributed by atoms with van der Waals surface area (Å²) < 4.78 is 2.09. The molecule has 0 aliphatic heterocycles. The second-order valence-corrected chi connectivity index (χ2v) is 10.1. The summed E-state index contributed by atoms with van der Waals surface area (Å²) in [6, 6.07) is 20.5. The van der Waals surface area contributed by atoms with Crippen LogP contribution in [-0.4, -0.2) is 9.13 Å². The van der Waals surface area contributed by atoms with Gasteiger partial charge >= 0.3 is 0 Å². The Morgan fingerprint density at radius 1 is 0.575 bits per heavy atom. The van der Waals surface area contributed by atoms with Crippen molar-refractivity contribution in [2.24, 2.45) is 0 Å². The quantitative estimate of drug-likeness (QED) is 0.329. The van der Waals surface area contributed by atoms with Gasteiger partial charge in [0.15, 0.2) is 0 Å². The van der Waals surface area contributed by atoms with Crippen molar-refractivity contribution < 1.29 is 0 Å². The predicted molar refractivity (Wildman–Crippen MR) is 152 cm³/mol. The Bertz CT molecular complexity index is 1940. The van der Waals surface area contributed by atoms with E-state index in [2.05, 4.69) is 0 Å².